The van der Waals surface area contributed by atoms with Gasteiger partial charge in [0.15, 0.2) is 5.82 Å². The highest BCUT2D eigenvalue weighted by Gasteiger charge is 2.30. The molecule has 0 N–H and O–H groups in total. The van der Waals surface area contributed by atoms with Gasteiger partial charge in [0.25, 0.3) is 11.8 Å². The van der Waals surface area contributed by atoms with Crippen molar-refractivity contribution >= 4 is 34.3 Å². The first-order valence-corrected chi connectivity index (χ1v) is 9.31. The standard InChI is InChI=1S/C23H15N5O2/c29-22(16-9-3-1-4-10-16)28(23(30)17-11-5-2-6-12-17)20-21-26-24-15-27(21)19-14-8-7-13-18(19)25-20/h1-15H. The fourth-order valence-electron chi connectivity index (χ4n) is 3.34. The van der Waals surface area contributed by atoms with Crippen LogP contribution < -0.4 is 4.90 Å². The van der Waals surface area contributed by atoms with Crippen LogP contribution in [0.5, 0.6) is 0 Å². The molecule has 0 aliphatic rings. The summed E-state index contributed by atoms with van der Waals surface area (Å²) in [6.07, 6.45) is 1.54. The number of hydrogen-bond acceptors (Lipinski definition) is 5. The van der Waals surface area contributed by atoms with Crippen LogP contribution >= 0.6 is 0 Å². The van der Waals surface area contributed by atoms with E-state index < -0.39 is 11.8 Å². The molecule has 0 spiro atoms. The van der Waals surface area contributed by atoms with Crippen LogP contribution in [0.3, 0.4) is 0 Å². The lowest BCUT2D eigenvalue weighted by molar-refractivity contribution is 0.0897. The summed E-state index contributed by atoms with van der Waals surface area (Å²) in [5, 5.41) is 8.13. The molecule has 30 heavy (non-hydrogen) atoms. The van der Waals surface area contributed by atoms with Gasteiger partial charge in [0, 0.05) is 11.1 Å². The summed E-state index contributed by atoms with van der Waals surface area (Å²) in [7, 11) is 0. The van der Waals surface area contributed by atoms with Crippen molar-refractivity contribution < 1.29 is 9.59 Å². The molecule has 0 aliphatic carbocycles. The van der Waals surface area contributed by atoms with Crippen LogP contribution in [0.2, 0.25) is 0 Å². The van der Waals surface area contributed by atoms with E-state index in [0.29, 0.717) is 22.3 Å². The molecule has 0 saturated heterocycles. The lowest BCUT2D eigenvalue weighted by atomic mass is 10.1. The Kier molecular flexibility index (Phi) is 4.25. The molecule has 0 aliphatic heterocycles. The van der Waals surface area contributed by atoms with Gasteiger partial charge in [-0.2, -0.15) is 0 Å². The number of anilines is 1. The van der Waals surface area contributed by atoms with Crippen molar-refractivity contribution in [2.45, 2.75) is 0 Å². The van der Waals surface area contributed by atoms with Crippen LogP contribution in [0, 0.1) is 0 Å². The monoisotopic (exact) mass is 393 g/mol. The van der Waals surface area contributed by atoms with Crippen molar-refractivity contribution in [3.63, 3.8) is 0 Å². The Morgan fingerprint density at radius 1 is 0.733 bits per heavy atom. The predicted molar refractivity (Wildman–Crippen MR) is 112 cm³/mol. The summed E-state index contributed by atoms with van der Waals surface area (Å²) in [5.74, 6) is -0.844. The maximum absolute atomic E-state index is 13.5. The minimum atomic E-state index is -0.489. The Morgan fingerprint density at radius 2 is 1.30 bits per heavy atom. The fraction of sp³-hybridized carbons (Fsp3) is 0. The number of carbonyl (C=O) groups excluding carboxylic acids is 2. The first-order chi connectivity index (χ1) is 14.7. The number of fused-ring (bicyclic) bond motifs is 3. The van der Waals surface area contributed by atoms with E-state index in [0.717, 1.165) is 10.4 Å². The van der Waals surface area contributed by atoms with Gasteiger partial charge in [0.1, 0.15) is 6.33 Å². The number of nitrogens with zero attached hydrogens (tertiary/aromatic N) is 5. The Hall–Kier alpha value is -4.39. The third-order valence-corrected chi connectivity index (χ3v) is 4.77. The summed E-state index contributed by atoms with van der Waals surface area (Å²) >= 11 is 0. The van der Waals surface area contributed by atoms with Crippen LogP contribution in [0.25, 0.3) is 16.7 Å². The molecule has 0 atom stereocenters. The van der Waals surface area contributed by atoms with Crippen LogP contribution in [0.1, 0.15) is 20.7 Å². The van der Waals surface area contributed by atoms with Crippen molar-refractivity contribution in [2.75, 3.05) is 4.90 Å². The molecule has 2 amide bonds. The smallest absolute Gasteiger partial charge is 0.266 e. The van der Waals surface area contributed by atoms with Gasteiger partial charge in [-0.3, -0.25) is 14.0 Å². The van der Waals surface area contributed by atoms with Crippen LogP contribution in [0.15, 0.2) is 91.3 Å². The Morgan fingerprint density at radius 3 is 1.93 bits per heavy atom. The SMILES string of the molecule is O=C(c1ccccc1)N(C(=O)c1ccccc1)c1nc2ccccc2n2cnnc12. The van der Waals surface area contributed by atoms with E-state index in [9.17, 15) is 9.59 Å². The molecular weight excluding hydrogens is 378 g/mol. The average molecular weight is 393 g/mol. The molecule has 0 fully saturated rings. The second-order valence-corrected chi connectivity index (χ2v) is 6.63. The molecule has 2 aromatic heterocycles. The van der Waals surface area contributed by atoms with E-state index in [1.807, 2.05) is 36.4 Å². The summed E-state index contributed by atoms with van der Waals surface area (Å²) in [6.45, 7) is 0. The third-order valence-electron chi connectivity index (χ3n) is 4.77. The zero-order valence-electron chi connectivity index (χ0n) is 15.7. The first kappa shape index (κ1) is 17.7. The van der Waals surface area contributed by atoms with Gasteiger partial charge >= 0.3 is 0 Å². The van der Waals surface area contributed by atoms with Crippen molar-refractivity contribution in [2.24, 2.45) is 0 Å². The molecule has 7 nitrogen and oxygen atoms in total. The summed E-state index contributed by atoms with van der Waals surface area (Å²) in [4.78, 5) is 32.6. The second kappa shape index (κ2) is 7.21. The molecule has 0 bridgehead atoms. The second-order valence-electron chi connectivity index (χ2n) is 6.63. The summed E-state index contributed by atoms with van der Waals surface area (Å²) in [6, 6.07) is 24.7. The number of aromatic nitrogens is 4. The Balaban J connectivity index is 1.77. The number of imide groups is 1. The van der Waals surface area contributed by atoms with E-state index in [1.54, 1.807) is 59.3 Å². The Bertz CT molecular complexity index is 1330. The van der Waals surface area contributed by atoms with E-state index in [2.05, 4.69) is 15.2 Å². The molecule has 0 radical (unpaired) electrons. The molecule has 144 valence electrons. The van der Waals surface area contributed by atoms with Crippen molar-refractivity contribution in [3.05, 3.63) is 102 Å². The average Bonchev–Trinajstić information content (AvgIpc) is 3.31. The van der Waals surface area contributed by atoms with E-state index in [1.165, 1.54) is 0 Å². The molecule has 2 heterocycles. The summed E-state index contributed by atoms with van der Waals surface area (Å²) in [5.41, 5.74) is 2.46. The minimum absolute atomic E-state index is 0.133. The topological polar surface area (TPSA) is 80.5 Å². The molecule has 5 aromatic rings. The van der Waals surface area contributed by atoms with Gasteiger partial charge in [-0.1, -0.05) is 48.5 Å². The highest BCUT2D eigenvalue weighted by atomic mass is 16.2. The highest BCUT2D eigenvalue weighted by Crippen LogP contribution is 2.26. The highest BCUT2D eigenvalue weighted by molar-refractivity contribution is 6.26. The quantitative estimate of drug-likeness (QED) is 0.436. The number of benzene rings is 3. The van der Waals surface area contributed by atoms with Crippen molar-refractivity contribution in [3.8, 4) is 0 Å². The van der Waals surface area contributed by atoms with Gasteiger partial charge in [0.05, 0.1) is 11.0 Å². The van der Waals surface area contributed by atoms with Gasteiger partial charge in [-0.05, 0) is 36.4 Å². The van der Waals surface area contributed by atoms with Crippen LogP contribution in [-0.4, -0.2) is 31.4 Å². The maximum atomic E-state index is 13.5. The predicted octanol–water partition coefficient (Wildman–Crippen LogP) is 3.76. The Labute approximate surface area is 171 Å². The molecule has 0 saturated carbocycles. The van der Waals surface area contributed by atoms with Gasteiger partial charge in [-0.25, -0.2) is 9.88 Å². The lowest BCUT2D eigenvalue weighted by Gasteiger charge is -2.21. The normalized spacial score (nSPS) is 10.9. The number of para-hydroxylation sites is 2. The molecule has 3 aromatic carbocycles. The van der Waals surface area contributed by atoms with E-state index in [4.69, 9.17) is 0 Å². The van der Waals surface area contributed by atoms with Crippen molar-refractivity contribution in [1.29, 1.82) is 0 Å². The zero-order valence-corrected chi connectivity index (χ0v) is 15.7. The first-order valence-electron chi connectivity index (χ1n) is 9.31. The van der Waals surface area contributed by atoms with Crippen molar-refractivity contribution in [1.82, 2.24) is 19.6 Å². The fourth-order valence-corrected chi connectivity index (χ4v) is 3.34. The zero-order chi connectivity index (χ0) is 20.5. The van der Waals surface area contributed by atoms with E-state index >= 15 is 0 Å². The minimum Gasteiger partial charge on any atom is -0.277 e. The number of amides is 2. The lowest BCUT2D eigenvalue weighted by Crippen LogP contribution is -2.38. The molecular formula is C23H15N5O2. The van der Waals surface area contributed by atoms with E-state index in [-0.39, 0.29) is 5.82 Å². The third kappa shape index (κ3) is 2.89. The molecule has 0 unspecified atom stereocenters. The largest absolute Gasteiger partial charge is 0.277 e. The molecule has 5 rings (SSSR count). The molecule has 7 heteroatoms. The number of carbonyl (C=O) groups is 2. The number of hydrogen-bond donors (Lipinski definition) is 0. The van der Waals surface area contributed by atoms with Gasteiger partial charge < -0.3 is 0 Å². The van der Waals surface area contributed by atoms with Gasteiger partial charge in [0.2, 0.25) is 5.65 Å². The maximum Gasteiger partial charge on any atom is 0.266 e. The van der Waals surface area contributed by atoms with Gasteiger partial charge in [-0.15, -0.1) is 10.2 Å². The summed E-state index contributed by atoms with van der Waals surface area (Å²) < 4.78 is 1.72. The van der Waals surface area contributed by atoms with Crippen LogP contribution in [0.4, 0.5) is 5.82 Å². The number of rotatable bonds is 3. The van der Waals surface area contributed by atoms with Crippen LogP contribution in [-0.2, 0) is 0 Å².